The number of ether oxygens (including phenoxy) is 1. The van der Waals surface area contributed by atoms with E-state index in [1.807, 2.05) is 72.8 Å². The van der Waals surface area contributed by atoms with Crippen LogP contribution in [0.1, 0.15) is 0 Å². The maximum absolute atomic E-state index is 12.0. The molecule has 0 atom stereocenters. The van der Waals surface area contributed by atoms with Crippen molar-refractivity contribution in [2.24, 2.45) is 0 Å². The summed E-state index contributed by atoms with van der Waals surface area (Å²) in [5.74, 6) is 1.75. The first kappa shape index (κ1) is 16.1. The van der Waals surface area contributed by atoms with E-state index < -0.39 is 0 Å². The first-order chi connectivity index (χ1) is 11.8. The lowest BCUT2D eigenvalue weighted by molar-refractivity contribution is -0.113. The van der Waals surface area contributed by atoms with E-state index in [0.717, 1.165) is 22.2 Å². The van der Waals surface area contributed by atoms with Gasteiger partial charge in [0.25, 0.3) is 0 Å². The molecule has 0 aliphatic carbocycles. The Hall–Kier alpha value is -2.79. The zero-order chi connectivity index (χ0) is 16.6. The molecule has 0 bridgehead atoms. The third-order valence-corrected chi connectivity index (χ3v) is 4.05. The lowest BCUT2D eigenvalue weighted by atomic mass is 10.3. The van der Waals surface area contributed by atoms with Crippen LogP contribution in [0.2, 0.25) is 0 Å². The summed E-state index contributed by atoms with van der Waals surface area (Å²) in [5.41, 5.74) is 0.738. The van der Waals surface area contributed by atoms with Crippen molar-refractivity contribution in [1.29, 1.82) is 0 Å². The van der Waals surface area contributed by atoms with E-state index in [9.17, 15) is 4.79 Å². The van der Waals surface area contributed by atoms with Crippen LogP contribution in [0.3, 0.4) is 0 Å². The van der Waals surface area contributed by atoms with E-state index in [1.54, 1.807) is 6.20 Å². The van der Waals surface area contributed by atoms with Crippen molar-refractivity contribution < 1.29 is 9.53 Å². The summed E-state index contributed by atoms with van der Waals surface area (Å²) in [4.78, 5) is 16.1. The van der Waals surface area contributed by atoms with Crippen molar-refractivity contribution in [3.63, 3.8) is 0 Å². The summed E-state index contributed by atoms with van der Waals surface area (Å²) in [5, 5.41) is 3.69. The fourth-order valence-electron chi connectivity index (χ4n) is 2.00. The van der Waals surface area contributed by atoms with E-state index in [0.29, 0.717) is 5.75 Å². The molecule has 0 unspecified atom stereocenters. The summed E-state index contributed by atoms with van der Waals surface area (Å²) < 4.78 is 5.72. The number of hydrogen-bond acceptors (Lipinski definition) is 4. The van der Waals surface area contributed by atoms with Gasteiger partial charge in [-0.25, -0.2) is 4.98 Å². The Morgan fingerprint density at radius 1 is 0.917 bits per heavy atom. The number of rotatable bonds is 6. The number of pyridine rings is 1. The fraction of sp³-hybridized carbons (Fsp3) is 0.0526. The second kappa shape index (κ2) is 8.17. The summed E-state index contributed by atoms with van der Waals surface area (Å²) in [7, 11) is 0. The molecule has 1 amide bonds. The largest absolute Gasteiger partial charge is 0.457 e. The molecular weight excluding hydrogens is 320 g/mol. The molecule has 4 nitrogen and oxygen atoms in total. The predicted octanol–water partition coefficient (Wildman–Crippen LogP) is 4.60. The van der Waals surface area contributed by atoms with Crippen LogP contribution in [0.15, 0.2) is 84.0 Å². The quantitative estimate of drug-likeness (QED) is 0.668. The third-order valence-electron chi connectivity index (χ3n) is 3.11. The van der Waals surface area contributed by atoms with Gasteiger partial charge in [0.05, 0.1) is 10.8 Å². The lowest BCUT2D eigenvalue weighted by Crippen LogP contribution is -2.13. The van der Waals surface area contributed by atoms with Gasteiger partial charge in [-0.3, -0.25) is 4.79 Å². The van der Waals surface area contributed by atoms with Crippen molar-refractivity contribution in [3.05, 3.63) is 79.0 Å². The highest BCUT2D eigenvalue weighted by molar-refractivity contribution is 7.99. The van der Waals surface area contributed by atoms with Gasteiger partial charge in [-0.2, -0.15) is 0 Å². The molecule has 0 fully saturated rings. The maximum Gasteiger partial charge on any atom is 0.234 e. The molecule has 24 heavy (non-hydrogen) atoms. The van der Waals surface area contributed by atoms with E-state index in [1.165, 1.54) is 11.8 Å². The van der Waals surface area contributed by atoms with Crippen LogP contribution in [-0.4, -0.2) is 16.6 Å². The number of para-hydroxylation sites is 1. The average molecular weight is 336 g/mol. The second-order valence-corrected chi connectivity index (χ2v) is 5.94. The van der Waals surface area contributed by atoms with E-state index in [2.05, 4.69) is 10.3 Å². The number of thioether (sulfide) groups is 1. The van der Waals surface area contributed by atoms with Crippen LogP contribution in [0.5, 0.6) is 11.5 Å². The Labute approximate surface area is 144 Å². The third kappa shape index (κ3) is 4.86. The number of benzene rings is 2. The minimum absolute atomic E-state index is 0.0672. The Morgan fingerprint density at radius 3 is 2.33 bits per heavy atom. The van der Waals surface area contributed by atoms with Gasteiger partial charge in [-0.15, -0.1) is 0 Å². The van der Waals surface area contributed by atoms with Gasteiger partial charge in [0, 0.05) is 11.9 Å². The van der Waals surface area contributed by atoms with Gasteiger partial charge in [-0.1, -0.05) is 36.0 Å². The number of carbonyl (C=O) groups is 1. The van der Waals surface area contributed by atoms with Crippen LogP contribution in [0, 0.1) is 0 Å². The summed E-state index contributed by atoms with van der Waals surface area (Å²) in [6, 6.07) is 22.5. The van der Waals surface area contributed by atoms with Gasteiger partial charge >= 0.3 is 0 Å². The Kier molecular flexibility index (Phi) is 5.48. The highest BCUT2D eigenvalue weighted by Gasteiger charge is 2.05. The highest BCUT2D eigenvalue weighted by Crippen LogP contribution is 2.23. The monoisotopic (exact) mass is 336 g/mol. The molecule has 0 aliphatic rings. The zero-order valence-electron chi connectivity index (χ0n) is 12.9. The first-order valence-corrected chi connectivity index (χ1v) is 8.45. The van der Waals surface area contributed by atoms with Crippen LogP contribution >= 0.6 is 11.8 Å². The summed E-state index contributed by atoms with van der Waals surface area (Å²) >= 11 is 1.40. The topological polar surface area (TPSA) is 51.2 Å². The molecular formula is C19H16N2O2S. The van der Waals surface area contributed by atoms with Gasteiger partial charge in [-0.05, 0) is 48.5 Å². The molecule has 0 saturated carbocycles. The van der Waals surface area contributed by atoms with Crippen LogP contribution in [-0.2, 0) is 4.79 Å². The number of anilines is 1. The van der Waals surface area contributed by atoms with Crippen molar-refractivity contribution in [3.8, 4) is 11.5 Å². The minimum atomic E-state index is -0.0672. The average Bonchev–Trinajstić information content (AvgIpc) is 2.63. The number of carbonyl (C=O) groups excluding carboxylic acids is 1. The van der Waals surface area contributed by atoms with E-state index in [4.69, 9.17) is 4.74 Å². The Bertz CT molecular complexity index is 777. The minimum Gasteiger partial charge on any atom is -0.457 e. The van der Waals surface area contributed by atoms with Crippen molar-refractivity contribution in [2.75, 3.05) is 11.1 Å². The van der Waals surface area contributed by atoms with Crippen molar-refractivity contribution in [1.82, 2.24) is 4.98 Å². The molecule has 2 aromatic carbocycles. The van der Waals surface area contributed by atoms with Gasteiger partial charge in [0.2, 0.25) is 5.91 Å². The van der Waals surface area contributed by atoms with Gasteiger partial charge in [0.15, 0.2) is 0 Å². The highest BCUT2D eigenvalue weighted by atomic mass is 32.2. The molecule has 120 valence electrons. The molecule has 3 rings (SSSR count). The number of nitrogens with zero attached hydrogens (tertiary/aromatic N) is 1. The SMILES string of the molecule is O=C(CSc1ccccn1)Nc1ccc(Oc2ccccc2)cc1. The number of hydrogen-bond donors (Lipinski definition) is 1. The number of amides is 1. The molecule has 1 N–H and O–H groups in total. The van der Waals surface area contributed by atoms with Gasteiger partial charge in [0.1, 0.15) is 11.5 Å². The summed E-state index contributed by atoms with van der Waals surface area (Å²) in [6.07, 6.45) is 1.71. The molecule has 1 aromatic heterocycles. The molecule has 0 saturated heterocycles. The fourth-order valence-corrected chi connectivity index (χ4v) is 2.66. The van der Waals surface area contributed by atoms with E-state index in [-0.39, 0.29) is 5.91 Å². The second-order valence-electron chi connectivity index (χ2n) is 4.94. The Balaban J connectivity index is 1.51. The zero-order valence-corrected chi connectivity index (χ0v) is 13.7. The summed E-state index contributed by atoms with van der Waals surface area (Å²) in [6.45, 7) is 0. The normalized spacial score (nSPS) is 10.2. The molecule has 0 radical (unpaired) electrons. The lowest BCUT2D eigenvalue weighted by Gasteiger charge is -2.08. The Morgan fingerprint density at radius 2 is 1.62 bits per heavy atom. The molecule has 0 spiro atoms. The smallest absolute Gasteiger partial charge is 0.234 e. The number of aromatic nitrogens is 1. The molecule has 0 aliphatic heterocycles. The van der Waals surface area contributed by atoms with Crippen molar-refractivity contribution >= 4 is 23.4 Å². The maximum atomic E-state index is 12.0. The number of nitrogens with one attached hydrogen (secondary N) is 1. The molecule has 3 aromatic rings. The van der Waals surface area contributed by atoms with Gasteiger partial charge < -0.3 is 10.1 Å². The van der Waals surface area contributed by atoms with Crippen LogP contribution in [0.4, 0.5) is 5.69 Å². The van der Waals surface area contributed by atoms with Crippen LogP contribution in [0.25, 0.3) is 0 Å². The standard InChI is InChI=1S/C19H16N2O2S/c22-18(14-24-19-8-4-5-13-20-19)21-15-9-11-17(12-10-15)23-16-6-2-1-3-7-16/h1-13H,14H2,(H,21,22). The molecule has 5 heteroatoms. The molecule has 1 heterocycles. The first-order valence-electron chi connectivity index (χ1n) is 7.46. The predicted molar refractivity (Wildman–Crippen MR) is 96.5 cm³/mol. The van der Waals surface area contributed by atoms with E-state index >= 15 is 0 Å². The van der Waals surface area contributed by atoms with Crippen LogP contribution < -0.4 is 10.1 Å². The van der Waals surface area contributed by atoms with Crippen molar-refractivity contribution in [2.45, 2.75) is 5.03 Å².